The van der Waals surface area contributed by atoms with E-state index in [0.717, 1.165) is 0 Å². The number of benzene rings is 2. The smallest absolute Gasteiger partial charge is 0.0495 e. The molecule has 2 aromatic carbocycles. The van der Waals surface area contributed by atoms with E-state index >= 15 is 0 Å². The van der Waals surface area contributed by atoms with Crippen molar-refractivity contribution in [1.29, 1.82) is 0 Å². The second-order valence-electron chi connectivity index (χ2n) is 10.9. The van der Waals surface area contributed by atoms with Gasteiger partial charge >= 0.3 is 0 Å². The Hall–Kier alpha value is -2.22. The molecule has 2 aromatic rings. The van der Waals surface area contributed by atoms with E-state index in [1.54, 1.807) is 0 Å². The largest absolute Gasteiger partial charge is 0.294 e. The van der Waals surface area contributed by atoms with Gasteiger partial charge in [0.05, 0.1) is 0 Å². The molecule has 0 aromatic heterocycles. The van der Waals surface area contributed by atoms with Gasteiger partial charge in [-0.05, 0) is 60.8 Å². The predicted molar refractivity (Wildman–Crippen MR) is 140 cm³/mol. The van der Waals surface area contributed by atoms with Crippen molar-refractivity contribution in [3.05, 3.63) is 59.7 Å². The van der Waals surface area contributed by atoms with E-state index in [2.05, 4.69) is 61.0 Å². The fourth-order valence-electron chi connectivity index (χ4n) is 7.49. The van der Waals surface area contributed by atoms with E-state index in [9.17, 15) is 0 Å². The predicted octanol–water partition coefficient (Wildman–Crippen LogP) is 7.79. The molecule has 3 fully saturated rings. The fourth-order valence-corrected chi connectivity index (χ4v) is 7.49. The summed E-state index contributed by atoms with van der Waals surface area (Å²) in [5, 5.41) is 0. The first-order valence-corrected chi connectivity index (χ1v) is 13.6. The molecule has 2 unspecified atom stereocenters. The Morgan fingerprint density at radius 3 is 1.42 bits per heavy atom. The van der Waals surface area contributed by atoms with Crippen LogP contribution >= 0.6 is 0 Å². The average Bonchev–Trinajstić information content (AvgIpc) is 3.40. The summed E-state index contributed by atoms with van der Waals surface area (Å²) in [5.74, 6) is 0.902. The third kappa shape index (κ3) is 3.70. The maximum Gasteiger partial charge on any atom is 0.0495 e. The Kier molecular flexibility index (Phi) is 5.94. The first-order chi connectivity index (χ1) is 16.4. The number of hydrogen-bond acceptors (Lipinski definition) is 2. The van der Waals surface area contributed by atoms with Crippen LogP contribution in [0.1, 0.15) is 88.2 Å². The van der Waals surface area contributed by atoms with Gasteiger partial charge in [-0.2, -0.15) is 0 Å². The normalized spacial score (nSPS) is 27.5. The van der Waals surface area contributed by atoms with E-state index in [-0.39, 0.29) is 5.41 Å². The molecule has 0 radical (unpaired) electrons. The minimum atomic E-state index is -0.0104. The summed E-state index contributed by atoms with van der Waals surface area (Å²) in [6, 6.07) is 19.5. The molecule has 0 bridgehead atoms. The minimum Gasteiger partial charge on any atom is -0.294 e. The van der Waals surface area contributed by atoms with Crippen LogP contribution < -0.4 is 0 Å². The summed E-state index contributed by atoms with van der Waals surface area (Å²) in [5.41, 5.74) is 5.89. The molecule has 0 heterocycles. The van der Waals surface area contributed by atoms with Crippen molar-refractivity contribution < 1.29 is 0 Å². The summed E-state index contributed by atoms with van der Waals surface area (Å²) < 4.78 is 0. The number of aliphatic imine (C=N–C) groups is 2. The average molecular weight is 439 g/mol. The SMILES string of the molecule is C(=NC1CCCCC1)C1CCC(C=NC2CCCCC2)C12c1ccccc1-c1ccccc12. The molecule has 6 rings (SSSR count). The van der Waals surface area contributed by atoms with Crippen molar-refractivity contribution in [1.82, 2.24) is 0 Å². The summed E-state index contributed by atoms with van der Waals surface area (Å²) in [7, 11) is 0. The lowest BCUT2D eigenvalue weighted by Crippen LogP contribution is -2.38. The maximum absolute atomic E-state index is 5.24. The first-order valence-electron chi connectivity index (χ1n) is 13.6. The highest BCUT2D eigenvalue weighted by atomic mass is 14.8. The van der Waals surface area contributed by atoms with Crippen LogP contribution in [0.4, 0.5) is 0 Å². The molecular formula is C31H38N2. The molecule has 4 aliphatic rings. The summed E-state index contributed by atoms with van der Waals surface area (Å²) in [6.45, 7) is 0. The molecule has 33 heavy (non-hydrogen) atoms. The monoisotopic (exact) mass is 438 g/mol. The Bertz CT molecular complexity index is 939. The molecule has 0 aliphatic heterocycles. The Morgan fingerprint density at radius 1 is 0.545 bits per heavy atom. The van der Waals surface area contributed by atoms with Crippen molar-refractivity contribution in [3.63, 3.8) is 0 Å². The first kappa shape index (κ1) is 21.3. The third-order valence-corrected chi connectivity index (χ3v) is 9.10. The van der Waals surface area contributed by atoms with E-state index in [1.807, 2.05) is 0 Å². The lowest BCUT2D eigenvalue weighted by atomic mass is 9.66. The van der Waals surface area contributed by atoms with Crippen LogP contribution in [0.25, 0.3) is 11.1 Å². The van der Waals surface area contributed by atoms with Crippen molar-refractivity contribution in [3.8, 4) is 11.1 Å². The Morgan fingerprint density at radius 2 is 0.970 bits per heavy atom. The Labute approximate surface area is 199 Å². The number of nitrogens with zero attached hydrogens (tertiary/aromatic N) is 2. The highest BCUT2D eigenvalue weighted by molar-refractivity contribution is 5.87. The summed E-state index contributed by atoms with van der Waals surface area (Å²) >= 11 is 0. The van der Waals surface area contributed by atoms with E-state index in [4.69, 9.17) is 9.98 Å². The topological polar surface area (TPSA) is 24.7 Å². The van der Waals surface area contributed by atoms with Gasteiger partial charge in [0, 0.05) is 41.8 Å². The van der Waals surface area contributed by atoms with Gasteiger partial charge in [-0.1, -0.05) is 87.1 Å². The molecule has 0 saturated heterocycles. The molecule has 0 N–H and O–H groups in total. The zero-order valence-corrected chi connectivity index (χ0v) is 20.0. The van der Waals surface area contributed by atoms with Gasteiger partial charge in [0.2, 0.25) is 0 Å². The second-order valence-corrected chi connectivity index (χ2v) is 10.9. The molecule has 172 valence electrons. The van der Waals surface area contributed by atoms with Crippen LogP contribution in [0.2, 0.25) is 0 Å². The summed E-state index contributed by atoms with van der Waals surface area (Å²) in [6.07, 6.45) is 20.5. The van der Waals surface area contributed by atoms with Gasteiger partial charge in [-0.25, -0.2) is 0 Å². The molecule has 3 saturated carbocycles. The number of hydrogen-bond donors (Lipinski definition) is 0. The molecule has 1 spiro atoms. The third-order valence-electron chi connectivity index (χ3n) is 9.10. The summed E-state index contributed by atoms with van der Waals surface area (Å²) in [4.78, 5) is 10.5. The van der Waals surface area contributed by atoms with Gasteiger partial charge in [0.15, 0.2) is 0 Å². The van der Waals surface area contributed by atoms with Crippen LogP contribution in [0.5, 0.6) is 0 Å². The lowest BCUT2D eigenvalue weighted by molar-refractivity contribution is 0.417. The zero-order chi connectivity index (χ0) is 22.1. The standard InChI is InChI=1S/C31H38N2/c1-3-11-25(12-4-1)32-21-23-19-20-24(22-33-26-13-5-2-6-14-26)31(23)29-17-9-7-15-27(29)28-16-8-10-18-30(28)31/h7-10,15-18,21-26H,1-6,11-14,19-20H2. The zero-order valence-electron chi connectivity index (χ0n) is 20.0. The van der Waals surface area contributed by atoms with Crippen LogP contribution in [0, 0.1) is 11.8 Å². The fraction of sp³-hybridized carbons (Fsp3) is 0.548. The van der Waals surface area contributed by atoms with Crippen molar-refractivity contribution in [2.75, 3.05) is 0 Å². The highest BCUT2D eigenvalue weighted by Gasteiger charge is 2.55. The molecule has 4 aliphatic carbocycles. The van der Waals surface area contributed by atoms with Gasteiger partial charge in [-0.15, -0.1) is 0 Å². The van der Waals surface area contributed by atoms with Gasteiger partial charge in [0.1, 0.15) is 0 Å². The molecule has 2 nitrogen and oxygen atoms in total. The molecular weight excluding hydrogens is 400 g/mol. The van der Waals surface area contributed by atoms with Crippen molar-refractivity contribution in [2.24, 2.45) is 21.8 Å². The van der Waals surface area contributed by atoms with E-state index in [0.29, 0.717) is 23.9 Å². The molecule has 2 heteroatoms. The lowest BCUT2D eigenvalue weighted by Gasteiger charge is -2.37. The van der Waals surface area contributed by atoms with E-state index < -0.39 is 0 Å². The molecule has 2 atom stereocenters. The molecule has 0 amide bonds. The van der Waals surface area contributed by atoms with Crippen LogP contribution in [0.15, 0.2) is 58.5 Å². The number of fused-ring (bicyclic) bond motifs is 5. The van der Waals surface area contributed by atoms with Crippen LogP contribution in [-0.4, -0.2) is 24.5 Å². The quantitative estimate of drug-likeness (QED) is 0.435. The van der Waals surface area contributed by atoms with E-state index in [1.165, 1.54) is 99.3 Å². The highest BCUT2D eigenvalue weighted by Crippen LogP contribution is 2.61. The number of rotatable bonds is 4. The second kappa shape index (κ2) is 9.20. The van der Waals surface area contributed by atoms with Crippen molar-refractivity contribution in [2.45, 2.75) is 94.5 Å². The van der Waals surface area contributed by atoms with Gasteiger partial charge in [-0.3, -0.25) is 9.98 Å². The maximum atomic E-state index is 5.24. The Balaban J connectivity index is 1.43. The minimum absolute atomic E-state index is 0.0104. The van der Waals surface area contributed by atoms with Crippen molar-refractivity contribution >= 4 is 12.4 Å². The van der Waals surface area contributed by atoms with Crippen LogP contribution in [-0.2, 0) is 5.41 Å². The van der Waals surface area contributed by atoms with Crippen LogP contribution in [0.3, 0.4) is 0 Å². The van der Waals surface area contributed by atoms with Gasteiger partial charge < -0.3 is 0 Å². The van der Waals surface area contributed by atoms with Gasteiger partial charge in [0.25, 0.3) is 0 Å².